The van der Waals surface area contributed by atoms with Gasteiger partial charge in [-0.25, -0.2) is 0 Å². The Hall–Kier alpha value is -2.38. The molecule has 1 atom stereocenters. The van der Waals surface area contributed by atoms with Crippen LogP contribution in [-0.4, -0.2) is 39.1 Å². The van der Waals surface area contributed by atoms with E-state index in [0.29, 0.717) is 17.1 Å². The molecule has 1 unspecified atom stereocenters. The van der Waals surface area contributed by atoms with Crippen LogP contribution in [0.25, 0.3) is 0 Å². The predicted octanol–water partition coefficient (Wildman–Crippen LogP) is 1.86. The number of anilines is 2. The van der Waals surface area contributed by atoms with Crippen LogP contribution < -0.4 is 20.3 Å². The number of rotatable bonds is 7. The normalized spacial score (nSPS) is 11.5. The second kappa shape index (κ2) is 9.35. The van der Waals surface area contributed by atoms with Crippen LogP contribution in [0.4, 0.5) is 11.4 Å². The first kappa shape index (κ1) is 19.9. The average Bonchev–Trinajstić information content (AvgIpc) is 2.57. The number of methoxy groups -OCH3 is 1. The summed E-state index contributed by atoms with van der Waals surface area (Å²) in [7, 11) is 3.37. The number of hydrogen-bond donors (Lipinski definition) is 3. The van der Waals surface area contributed by atoms with Crippen LogP contribution in [0.1, 0.15) is 5.56 Å². The number of likely N-dealkylation sites (N-methyl/N-ethyl adjacent to an activating group) is 1. The van der Waals surface area contributed by atoms with Gasteiger partial charge in [-0.3, -0.25) is 9.59 Å². The van der Waals surface area contributed by atoms with Crippen molar-refractivity contribution < 1.29 is 19.2 Å². The van der Waals surface area contributed by atoms with Gasteiger partial charge in [0.2, 0.25) is 0 Å². The van der Waals surface area contributed by atoms with Crippen molar-refractivity contribution in [2.45, 2.75) is 6.92 Å². The van der Waals surface area contributed by atoms with Crippen molar-refractivity contribution >= 4 is 39.1 Å². The summed E-state index contributed by atoms with van der Waals surface area (Å²) in [5.74, 6) is 0.354. The van der Waals surface area contributed by atoms with E-state index < -0.39 is 0 Å². The fraction of sp³-hybridized carbons (Fsp3) is 0.263. The summed E-state index contributed by atoms with van der Waals surface area (Å²) < 4.78 is 5.96. The van der Waals surface area contributed by atoms with Crippen LogP contribution in [0, 0.1) is 6.92 Å². The Balaban J connectivity index is 1.84. The molecule has 7 heteroatoms. The van der Waals surface area contributed by atoms with Crippen molar-refractivity contribution in [2.24, 2.45) is 0 Å². The van der Waals surface area contributed by atoms with Crippen LogP contribution in [0.3, 0.4) is 0 Å². The molecule has 0 aliphatic rings. The largest absolute Gasteiger partial charge is 0.497 e. The van der Waals surface area contributed by atoms with Crippen molar-refractivity contribution in [3.05, 3.63) is 52.5 Å². The van der Waals surface area contributed by atoms with Crippen molar-refractivity contribution in [3.63, 3.8) is 0 Å². The zero-order chi connectivity index (χ0) is 19.1. The molecule has 26 heavy (non-hydrogen) atoms. The summed E-state index contributed by atoms with van der Waals surface area (Å²) in [4.78, 5) is 25.1. The lowest BCUT2D eigenvalue weighted by atomic mass is 10.2. The number of carbonyl (C=O) groups excluding carboxylic acids is 2. The maximum absolute atomic E-state index is 12.2. The quantitative estimate of drug-likeness (QED) is 0.639. The molecule has 2 aromatic rings. The molecule has 2 aromatic carbocycles. The van der Waals surface area contributed by atoms with Gasteiger partial charge in [-0.05, 0) is 52.7 Å². The van der Waals surface area contributed by atoms with Crippen molar-refractivity contribution in [3.8, 4) is 5.75 Å². The molecule has 0 aliphatic heterocycles. The smallest absolute Gasteiger partial charge is 0.279 e. The summed E-state index contributed by atoms with van der Waals surface area (Å²) in [5, 5.41) is 5.66. The highest BCUT2D eigenvalue weighted by Crippen LogP contribution is 2.23. The summed E-state index contributed by atoms with van der Waals surface area (Å²) in [5.41, 5.74) is 2.48. The number of quaternary nitrogens is 1. The third-order valence-corrected chi connectivity index (χ3v) is 4.33. The lowest BCUT2D eigenvalue weighted by molar-refractivity contribution is -0.862. The number of halogens is 1. The molecular formula is C19H23BrN3O3+. The first-order valence-corrected chi connectivity index (χ1v) is 8.98. The SMILES string of the molecule is COc1cccc(NC(=O)C[NH+](C)CC(=O)Nc2ccc(C)cc2Br)c1. The maximum Gasteiger partial charge on any atom is 0.279 e. The number of benzene rings is 2. The van der Waals surface area contributed by atoms with E-state index in [1.54, 1.807) is 38.4 Å². The summed E-state index contributed by atoms with van der Waals surface area (Å²) in [6, 6.07) is 12.9. The Kier molecular flexibility index (Phi) is 7.17. The molecule has 0 bridgehead atoms. The van der Waals surface area contributed by atoms with Crippen molar-refractivity contribution in [1.29, 1.82) is 0 Å². The van der Waals surface area contributed by atoms with E-state index in [2.05, 4.69) is 26.6 Å². The summed E-state index contributed by atoms with van der Waals surface area (Å²) >= 11 is 3.44. The van der Waals surface area contributed by atoms with Gasteiger partial charge in [0.1, 0.15) is 5.75 Å². The van der Waals surface area contributed by atoms with Gasteiger partial charge in [0.15, 0.2) is 13.1 Å². The number of amides is 2. The minimum Gasteiger partial charge on any atom is -0.497 e. The van der Waals surface area contributed by atoms with Gasteiger partial charge in [-0.2, -0.15) is 0 Å². The monoisotopic (exact) mass is 420 g/mol. The molecule has 0 heterocycles. The van der Waals surface area contributed by atoms with Crippen LogP contribution in [0.5, 0.6) is 5.75 Å². The molecule has 0 fully saturated rings. The molecule has 6 nitrogen and oxygen atoms in total. The molecule has 0 aliphatic carbocycles. The topological polar surface area (TPSA) is 71.9 Å². The fourth-order valence-corrected chi connectivity index (χ4v) is 3.02. The van der Waals surface area contributed by atoms with E-state index in [9.17, 15) is 9.59 Å². The van der Waals surface area contributed by atoms with E-state index in [0.717, 1.165) is 14.9 Å². The zero-order valence-electron chi connectivity index (χ0n) is 15.1. The Morgan fingerprint density at radius 1 is 1.08 bits per heavy atom. The lowest BCUT2D eigenvalue weighted by Crippen LogP contribution is -3.11. The van der Waals surface area contributed by atoms with Gasteiger partial charge in [0.05, 0.1) is 19.8 Å². The van der Waals surface area contributed by atoms with Crippen LogP contribution in [0.15, 0.2) is 46.9 Å². The number of ether oxygens (including phenoxy) is 1. The van der Waals surface area contributed by atoms with E-state index in [4.69, 9.17) is 4.74 Å². The van der Waals surface area contributed by atoms with Crippen LogP contribution in [-0.2, 0) is 9.59 Å². The lowest BCUT2D eigenvalue weighted by Gasteiger charge is -2.14. The third kappa shape index (κ3) is 6.16. The fourth-order valence-electron chi connectivity index (χ4n) is 2.43. The Morgan fingerprint density at radius 2 is 1.77 bits per heavy atom. The molecule has 0 radical (unpaired) electrons. The molecule has 3 N–H and O–H groups in total. The Labute approximate surface area is 161 Å². The average molecular weight is 421 g/mol. The highest BCUT2D eigenvalue weighted by Gasteiger charge is 2.15. The minimum absolute atomic E-state index is 0.152. The molecule has 0 saturated heterocycles. The second-order valence-corrected chi connectivity index (χ2v) is 6.98. The second-order valence-electron chi connectivity index (χ2n) is 6.12. The van der Waals surface area contributed by atoms with E-state index >= 15 is 0 Å². The first-order valence-electron chi connectivity index (χ1n) is 8.18. The Bertz CT molecular complexity index is 795. The molecule has 2 amide bonds. The van der Waals surface area contributed by atoms with Crippen molar-refractivity contribution in [2.75, 3.05) is 37.9 Å². The van der Waals surface area contributed by atoms with Gasteiger partial charge >= 0.3 is 0 Å². The van der Waals surface area contributed by atoms with Gasteiger partial charge in [0, 0.05) is 16.2 Å². The molecule has 138 valence electrons. The van der Waals surface area contributed by atoms with Gasteiger partial charge in [-0.1, -0.05) is 12.1 Å². The number of aryl methyl sites for hydroxylation is 1. The Morgan fingerprint density at radius 3 is 2.42 bits per heavy atom. The zero-order valence-corrected chi connectivity index (χ0v) is 16.6. The van der Waals surface area contributed by atoms with Gasteiger partial charge < -0.3 is 20.3 Å². The maximum atomic E-state index is 12.2. The summed E-state index contributed by atoms with van der Waals surface area (Å²) in [6.07, 6.45) is 0. The number of carbonyl (C=O) groups is 2. The molecule has 0 aromatic heterocycles. The standard InChI is InChI=1S/C19H22BrN3O3/c1-13-7-8-17(16(20)9-13)22-19(25)12-23(2)11-18(24)21-14-5-4-6-15(10-14)26-3/h4-10H,11-12H2,1-3H3,(H,21,24)(H,22,25)/p+1. The van der Waals surface area contributed by atoms with Crippen LogP contribution >= 0.6 is 15.9 Å². The molecule has 0 spiro atoms. The minimum atomic E-state index is -0.167. The highest BCUT2D eigenvalue weighted by atomic mass is 79.9. The predicted molar refractivity (Wildman–Crippen MR) is 106 cm³/mol. The number of hydrogen-bond acceptors (Lipinski definition) is 3. The first-order chi connectivity index (χ1) is 12.4. The third-order valence-electron chi connectivity index (χ3n) is 3.68. The van der Waals surface area contributed by atoms with Crippen molar-refractivity contribution in [1.82, 2.24) is 0 Å². The van der Waals surface area contributed by atoms with E-state index in [1.807, 2.05) is 25.1 Å². The van der Waals surface area contributed by atoms with E-state index in [1.165, 1.54) is 0 Å². The molecule has 0 saturated carbocycles. The highest BCUT2D eigenvalue weighted by molar-refractivity contribution is 9.10. The van der Waals surface area contributed by atoms with Crippen LogP contribution in [0.2, 0.25) is 0 Å². The number of nitrogens with one attached hydrogen (secondary N) is 3. The molecule has 2 rings (SSSR count). The molecular weight excluding hydrogens is 398 g/mol. The summed E-state index contributed by atoms with van der Waals surface area (Å²) in [6.45, 7) is 2.35. The van der Waals surface area contributed by atoms with Gasteiger partial charge in [0.25, 0.3) is 11.8 Å². The van der Waals surface area contributed by atoms with E-state index in [-0.39, 0.29) is 24.9 Å². The van der Waals surface area contributed by atoms with Gasteiger partial charge in [-0.15, -0.1) is 0 Å².